The molecule has 4 atom stereocenters. The molecule has 118 valence electrons. The lowest BCUT2D eigenvalue weighted by Gasteiger charge is -2.53. The highest BCUT2D eigenvalue weighted by Crippen LogP contribution is 2.34. The molecule has 1 N–H and O–H groups in total. The normalized spacial score (nSPS) is 39.9. The molecule has 0 spiro atoms. The molecule has 0 amide bonds. The van der Waals surface area contributed by atoms with Crippen LogP contribution in [0.4, 0.5) is 0 Å². The lowest BCUT2D eigenvalue weighted by molar-refractivity contribution is -0.0232. The van der Waals surface area contributed by atoms with E-state index >= 15 is 0 Å². The van der Waals surface area contributed by atoms with Gasteiger partial charge in [0.25, 0.3) is 0 Å². The van der Waals surface area contributed by atoms with Crippen LogP contribution in [-0.4, -0.2) is 60.6 Å². The second-order valence-corrected chi connectivity index (χ2v) is 7.91. The van der Waals surface area contributed by atoms with Crippen molar-refractivity contribution in [3.8, 4) is 0 Å². The SMILES string of the molecule is CCNC1CC(C)CC(C)C1N1CCN(C)C(C)(C)C1. The van der Waals surface area contributed by atoms with E-state index in [4.69, 9.17) is 0 Å². The van der Waals surface area contributed by atoms with E-state index in [0.717, 1.165) is 24.4 Å². The van der Waals surface area contributed by atoms with Gasteiger partial charge < -0.3 is 5.32 Å². The average molecular weight is 281 g/mol. The van der Waals surface area contributed by atoms with Crippen molar-refractivity contribution in [2.24, 2.45) is 11.8 Å². The van der Waals surface area contributed by atoms with E-state index < -0.39 is 0 Å². The van der Waals surface area contributed by atoms with Gasteiger partial charge in [-0.1, -0.05) is 20.8 Å². The van der Waals surface area contributed by atoms with Crippen LogP contribution in [0.3, 0.4) is 0 Å². The molecular formula is C17H35N3. The monoisotopic (exact) mass is 281 g/mol. The van der Waals surface area contributed by atoms with Crippen molar-refractivity contribution in [1.82, 2.24) is 15.1 Å². The van der Waals surface area contributed by atoms with Crippen LogP contribution < -0.4 is 5.32 Å². The van der Waals surface area contributed by atoms with Crippen molar-refractivity contribution in [3.05, 3.63) is 0 Å². The summed E-state index contributed by atoms with van der Waals surface area (Å²) < 4.78 is 0. The van der Waals surface area contributed by atoms with Crippen LogP contribution >= 0.6 is 0 Å². The Morgan fingerprint density at radius 3 is 2.45 bits per heavy atom. The molecule has 1 saturated carbocycles. The fraction of sp³-hybridized carbons (Fsp3) is 1.00. The predicted octanol–water partition coefficient (Wildman–Crippen LogP) is 2.43. The molecule has 0 bridgehead atoms. The number of nitrogens with one attached hydrogen (secondary N) is 1. The predicted molar refractivity (Wildman–Crippen MR) is 87.1 cm³/mol. The average Bonchev–Trinajstić information content (AvgIpc) is 2.33. The molecule has 0 aromatic heterocycles. The largest absolute Gasteiger partial charge is 0.313 e. The lowest BCUT2D eigenvalue weighted by atomic mass is 9.75. The van der Waals surface area contributed by atoms with E-state index in [1.807, 2.05) is 0 Å². The van der Waals surface area contributed by atoms with E-state index in [9.17, 15) is 0 Å². The standard InChI is InChI=1S/C17H35N3/c1-7-18-15-11-13(2)10-14(3)16(15)20-9-8-19(6)17(4,5)12-20/h13-16,18H,7-12H2,1-6H3. The third kappa shape index (κ3) is 3.37. The summed E-state index contributed by atoms with van der Waals surface area (Å²) in [5.41, 5.74) is 0.303. The molecule has 0 aromatic rings. The van der Waals surface area contributed by atoms with Gasteiger partial charge in [-0.05, 0) is 52.1 Å². The first-order valence-electron chi connectivity index (χ1n) is 8.53. The summed E-state index contributed by atoms with van der Waals surface area (Å²) in [4.78, 5) is 5.30. The molecule has 1 heterocycles. The first-order valence-corrected chi connectivity index (χ1v) is 8.53. The van der Waals surface area contributed by atoms with Crippen LogP contribution in [0.15, 0.2) is 0 Å². The smallest absolute Gasteiger partial charge is 0.0277 e. The molecular weight excluding hydrogens is 246 g/mol. The summed E-state index contributed by atoms with van der Waals surface area (Å²) in [5, 5.41) is 3.78. The molecule has 20 heavy (non-hydrogen) atoms. The highest BCUT2D eigenvalue weighted by atomic mass is 15.3. The highest BCUT2D eigenvalue weighted by Gasteiger charge is 2.41. The van der Waals surface area contributed by atoms with Crippen molar-refractivity contribution in [2.75, 3.05) is 33.2 Å². The highest BCUT2D eigenvalue weighted by molar-refractivity contribution is 4.98. The molecule has 1 saturated heterocycles. The first kappa shape index (κ1) is 16.3. The Bertz CT molecular complexity index is 315. The summed E-state index contributed by atoms with van der Waals surface area (Å²) in [6.07, 6.45) is 2.73. The van der Waals surface area contributed by atoms with Gasteiger partial charge in [0.1, 0.15) is 0 Å². The van der Waals surface area contributed by atoms with Gasteiger partial charge >= 0.3 is 0 Å². The topological polar surface area (TPSA) is 18.5 Å². The molecule has 4 unspecified atom stereocenters. The van der Waals surface area contributed by atoms with Crippen molar-refractivity contribution in [3.63, 3.8) is 0 Å². The van der Waals surface area contributed by atoms with Crippen LogP contribution in [0.25, 0.3) is 0 Å². The van der Waals surface area contributed by atoms with Gasteiger partial charge in [0.15, 0.2) is 0 Å². The molecule has 3 nitrogen and oxygen atoms in total. The minimum absolute atomic E-state index is 0.303. The summed E-state index contributed by atoms with van der Waals surface area (Å²) >= 11 is 0. The molecule has 0 aromatic carbocycles. The lowest BCUT2D eigenvalue weighted by Crippen LogP contribution is -2.65. The van der Waals surface area contributed by atoms with Crippen LogP contribution in [0.1, 0.15) is 47.5 Å². The van der Waals surface area contributed by atoms with E-state index in [1.165, 1.54) is 32.5 Å². The number of hydrogen-bond donors (Lipinski definition) is 1. The Labute approximate surface area is 126 Å². The third-order valence-corrected chi connectivity index (χ3v) is 5.66. The molecule has 2 fully saturated rings. The van der Waals surface area contributed by atoms with E-state index in [1.54, 1.807) is 0 Å². The summed E-state index contributed by atoms with van der Waals surface area (Å²) in [6, 6.07) is 1.40. The molecule has 0 radical (unpaired) electrons. The minimum atomic E-state index is 0.303. The molecule has 3 heteroatoms. The van der Waals surface area contributed by atoms with E-state index in [0.29, 0.717) is 11.6 Å². The van der Waals surface area contributed by atoms with Gasteiger partial charge in [0.05, 0.1) is 0 Å². The van der Waals surface area contributed by atoms with Crippen LogP contribution in [0.5, 0.6) is 0 Å². The van der Waals surface area contributed by atoms with Gasteiger partial charge in [-0.15, -0.1) is 0 Å². The molecule has 1 aliphatic carbocycles. The Morgan fingerprint density at radius 1 is 1.15 bits per heavy atom. The Morgan fingerprint density at radius 2 is 1.85 bits per heavy atom. The maximum Gasteiger partial charge on any atom is 0.0277 e. The number of nitrogens with zero attached hydrogens (tertiary/aromatic N) is 2. The van der Waals surface area contributed by atoms with Crippen molar-refractivity contribution < 1.29 is 0 Å². The fourth-order valence-corrected chi connectivity index (χ4v) is 4.45. The van der Waals surface area contributed by atoms with Crippen LogP contribution in [0.2, 0.25) is 0 Å². The van der Waals surface area contributed by atoms with Gasteiger partial charge in [-0.3, -0.25) is 9.80 Å². The number of likely N-dealkylation sites (N-methyl/N-ethyl adjacent to an activating group) is 2. The number of hydrogen-bond acceptors (Lipinski definition) is 3. The second kappa shape index (κ2) is 6.33. The second-order valence-electron chi connectivity index (χ2n) is 7.91. The zero-order valence-electron chi connectivity index (χ0n) is 14.4. The number of piperazine rings is 1. The zero-order valence-corrected chi connectivity index (χ0v) is 14.4. The summed E-state index contributed by atoms with van der Waals surface area (Å²) in [7, 11) is 2.27. The first-order chi connectivity index (χ1) is 9.35. The van der Waals surface area contributed by atoms with Gasteiger partial charge in [0.2, 0.25) is 0 Å². The van der Waals surface area contributed by atoms with Crippen molar-refractivity contribution in [1.29, 1.82) is 0 Å². The number of rotatable bonds is 3. The van der Waals surface area contributed by atoms with Crippen molar-refractivity contribution >= 4 is 0 Å². The van der Waals surface area contributed by atoms with Gasteiger partial charge in [-0.2, -0.15) is 0 Å². The Hall–Kier alpha value is -0.120. The molecule has 2 aliphatic rings. The Kier molecular flexibility index (Phi) is 5.14. The van der Waals surface area contributed by atoms with E-state index in [-0.39, 0.29) is 0 Å². The zero-order chi connectivity index (χ0) is 14.9. The van der Waals surface area contributed by atoms with Gasteiger partial charge in [-0.25, -0.2) is 0 Å². The fourth-order valence-electron chi connectivity index (χ4n) is 4.45. The quantitative estimate of drug-likeness (QED) is 0.857. The summed E-state index contributed by atoms with van der Waals surface area (Å²) in [6.45, 7) is 16.6. The maximum absolute atomic E-state index is 3.78. The van der Waals surface area contributed by atoms with Crippen molar-refractivity contribution in [2.45, 2.75) is 65.1 Å². The van der Waals surface area contributed by atoms with E-state index in [2.05, 4.69) is 56.8 Å². The summed E-state index contributed by atoms with van der Waals surface area (Å²) in [5.74, 6) is 1.67. The molecule has 2 rings (SSSR count). The van der Waals surface area contributed by atoms with Gasteiger partial charge in [0, 0.05) is 37.3 Å². The minimum Gasteiger partial charge on any atom is -0.313 e. The maximum atomic E-state index is 3.78. The molecule has 1 aliphatic heterocycles. The Balaban J connectivity index is 2.11. The van der Waals surface area contributed by atoms with Crippen LogP contribution in [-0.2, 0) is 0 Å². The van der Waals surface area contributed by atoms with Crippen LogP contribution in [0, 0.1) is 11.8 Å². The third-order valence-electron chi connectivity index (χ3n) is 5.66.